The van der Waals surface area contributed by atoms with E-state index in [0.29, 0.717) is 30.0 Å². The summed E-state index contributed by atoms with van der Waals surface area (Å²) in [5, 5.41) is 16.6. The molecule has 1 fully saturated rings. The van der Waals surface area contributed by atoms with Crippen LogP contribution in [-0.2, 0) is 15.0 Å². The molecule has 2 aromatic heterocycles. The first-order valence-electron chi connectivity index (χ1n) is 12.8. The van der Waals surface area contributed by atoms with Crippen LogP contribution < -0.4 is 0 Å². The molecule has 5 rings (SSSR count). The first-order chi connectivity index (χ1) is 17.6. The van der Waals surface area contributed by atoms with Crippen molar-refractivity contribution < 1.29 is 19.2 Å². The van der Waals surface area contributed by atoms with Gasteiger partial charge in [-0.15, -0.1) is 11.3 Å². The topological polar surface area (TPSA) is 96.0 Å². The summed E-state index contributed by atoms with van der Waals surface area (Å²) in [4.78, 5) is 34.5. The molecule has 0 bridgehead atoms. The molecule has 3 aromatic rings. The minimum atomic E-state index is -0.805. The molecule has 2 aliphatic heterocycles. The zero-order valence-electron chi connectivity index (χ0n) is 21.9. The van der Waals surface area contributed by atoms with E-state index in [1.165, 1.54) is 10.4 Å². The number of carbonyl (C=O) groups excluding carboxylic acids is 2. The largest absolute Gasteiger partial charge is 0.391 e. The highest BCUT2D eigenvalue weighted by molar-refractivity contribution is 7.13. The third-order valence-corrected chi connectivity index (χ3v) is 8.80. The number of hydrogen-bond acceptors (Lipinski definition) is 6. The Balaban J connectivity index is 1.39. The molecule has 2 amide bonds. The number of likely N-dealkylation sites (tertiary alicyclic amines) is 1. The summed E-state index contributed by atoms with van der Waals surface area (Å²) in [6.45, 7) is 9.98. The van der Waals surface area contributed by atoms with Gasteiger partial charge in [0.25, 0.3) is 5.91 Å². The normalized spacial score (nSPS) is 24.7. The average molecular weight is 520 g/mol. The number of aliphatic imine (C=N–C) groups is 1. The third-order valence-electron chi connectivity index (χ3n) is 7.73. The van der Waals surface area contributed by atoms with E-state index in [1.807, 2.05) is 39.8 Å². The van der Waals surface area contributed by atoms with Gasteiger partial charge >= 0.3 is 0 Å². The molecule has 0 radical (unpaired) electrons. The molecule has 4 atom stereocenters. The Morgan fingerprint density at radius 2 is 1.95 bits per heavy atom. The summed E-state index contributed by atoms with van der Waals surface area (Å²) in [5.74, 6) is -0.366. The predicted octanol–water partition coefficient (Wildman–Crippen LogP) is 5.05. The Kier molecular flexibility index (Phi) is 6.66. The monoisotopic (exact) mass is 519 g/mol. The van der Waals surface area contributed by atoms with Gasteiger partial charge in [-0.25, -0.2) is 4.99 Å². The smallest absolute Gasteiger partial charge is 0.256 e. The zero-order valence-corrected chi connectivity index (χ0v) is 22.7. The molecule has 194 valence electrons. The molecule has 37 heavy (non-hydrogen) atoms. The fourth-order valence-corrected chi connectivity index (χ4v) is 6.56. The van der Waals surface area contributed by atoms with Crippen LogP contribution in [0.5, 0.6) is 0 Å². The Labute approximate surface area is 221 Å². The highest BCUT2D eigenvalue weighted by Gasteiger charge is 2.48. The molecule has 0 spiro atoms. The number of aliphatic hydroxyl groups excluding tert-OH is 1. The van der Waals surface area contributed by atoms with Gasteiger partial charge in [-0.3, -0.25) is 9.59 Å². The Morgan fingerprint density at radius 3 is 2.54 bits per heavy atom. The van der Waals surface area contributed by atoms with Gasteiger partial charge in [-0.1, -0.05) is 43.3 Å². The van der Waals surface area contributed by atoms with Crippen molar-refractivity contribution in [2.75, 3.05) is 6.54 Å². The molecule has 1 N–H and O–H groups in total. The minimum absolute atomic E-state index is 0.0267. The third kappa shape index (κ3) is 4.57. The van der Waals surface area contributed by atoms with Crippen molar-refractivity contribution in [2.24, 2.45) is 10.9 Å². The van der Waals surface area contributed by atoms with Gasteiger partial charge < -0.3 is 14.5 Å². The summed E-state index contributed by atoms with van der Waals surface area (Å²) in [6, 6.07) is 11.6. The van der Waals surface area contributed by atoms with Crippen molar-refractivity contribution in [3.63, 3.8) is 0 Å². The van der Waals surface area contributed by atoms with Crippen LogP contribution in [-0.4, -0.2) is 51.4 Å². The van der Waals surface area contributed by atoms with Crippen LogP contribution >= 0.6 is 11.3 Å². The van der Waals surface area contributed by atoms with Gasteiger partial charge in [0.05, 0.1) is 23.3 Å². The van der Waals surface area contributed by atoms with Crippen LogP contribution in [0.2, 0.25) is 0 Å². The SMILES string of the molecule is Cc1cc([C@H](C(=O)N2C[C@H](O)C[C@H]2C2=NC(=O)[C@@](C)(c3ccc(-c4sccc4C)cc3)C2)C(C)C)on1. The molecule has 7 nitrogen and oxygen atoms in total. The highest BCUT2D eigenvalue weighted by atomic mass is 32.1. The van der Waals surface area contributed by atoms with Crippen molar-refractivity contribution in [2.45, 2.75) is 70.9 Å². The quantitative estimate of drug-likeness (QED) is 0.492. The fraction of sp³-hybridized carbons (Fsp3) is 0.448. The number of thiophene rings is 1. The van der Waals surface area contributed by atoms with E-state index in [-0.39, 0.29) is 24.3 Å². The van der Waals surface area contributed by atoms with E-state index in [0.717, 1.165) is 11.1 Å². The molecule has 1 aromatic carbocycles. The van der Waals surface area contributed by atoms with Crippen molar-refractivity contribution >= 4 is 28.9 Å². The maximum Gasteiger partial charge on any atom is 0.256 e. The Morgan fingerprint density at radius 1 is 1.22 bits per heavy atom. The van der Waals surface area contributed by atoms with Crippen LogP contribution in [0.25, 0.3) is 10.4 Å². The molecule has 1 saturated heterocycles. The van der Waals surface area contributed by atoms with Crippen molar-refractivity contribution in [1.29, 1.82) is 0 Å². The second-order valence-electron chi connectivity index (χ2n) is 10.9. The van der Waals surface area contributed by atoms with Gasteiger partial charge in [0.2, 0.25) is 5.91 Å². The molecule has 0 unspecified atom stereocenters. The van der Waals surface area contributed by atoms with Crippen LogP contribution in [0.4, 0.5) is 0 Å². The molecule has 4 heterocycles. The van der Waals surface area contributed by atoms with E-state index >= 15 is 0 Å². The molecular formula is C29H33N3O4S. The minimum Gasteiger partial charge on any atom is -0.391 e. The lowest BCUT2D eigenvalue weighted by Gasteiger charge is -2.30. The molecule has 2 aliphatic rings. The molecular weight excluding hydrogens is 486 g/mol. The average Bonchev–Trinajstić information content (AvgIpc) is 3.62. The Bertz CT molecular complexity index is 1360. The number of hydrogen-bond donors (Lipinski definition) is 1. The standard InChI is InChI=1S/C29H33N3O4S/c1-16(2)25(24-12-18(4)31-36-24)27(34)32-15-21(33)13-23(32)22-14-29(5,28(35)30-22)20-8-6-19(7-9-20)26-17(3)10-11-37-26/h6-12,16,21,23,25,33H,13-15H2,1-5H3/t21-,23+,25-,29-/m1/s1. The summed E-state index contributed by atoms with van der Waals surface area (Å²) < 4.78 is 5.46. The first-order valence-corrected chi connectivity index (χ1v) is 13.6. The maximum absolute atomic E-state index is 13.8. The lowest BCUT2D eigenvalue weighted by Crippen LogP contribution is -2.44. The number of aromatic nitrogens is 1. The molecule has 0 saturated carbocycles. The van der Waals surface area contributed by atoms with E-state index in [1.54, 1.807) is 22.3 Å². The van der Waals surface area contributed by atoms with Gasteiger partial charge in [-0.2, -0.15) is 0 Å². The predicted molar refractivity (Wildman–Crippen MR) is 144 cm³/mol. The number of amides is 2. The van der Waals surface area contributed by atoms with Gasteiger partial charge in [0.15, 0.2) is 0 Å². The first kappa shape index (κ1) is 25.5. The number of aliphatic hydroxyl groups is 1. The summed E-state index contributed by atoms with van der Waals surface area (Å²) in [6.07, 6.45) is 0.110. The van der Waals surface area contributed by atoms with E-state index in [9.17, 15) is 14.7 Å². The van der Waals surface area contributed by atoms with Crippen molar-refractivity contribution in [3.8, 4) is 10.4 Å². The number of rotatable bonds is 6. The van der Waals surface area contributed by atoms with Gasteiger partial charge in [0, 0.05) is 36.0 Å². The number of benzene rings is 1. The van der Waals surface area contributed by atoms with Crippen LogP contribution in [0.15, 0.2) is 51.3 Å². The second-order valence-corrected chi connectivity index (χ2v) is 11.8. The van der Waals surface area contributed by atoms with Crippen molar-refractivity contribution in [3.05, 3.63) is 64.4 Å². The van der Waals surface area contributed by atoms with Crippen molar-refractivity contribution in [1.82, 2.24) is 10.1 Å². The Hall–Kier alpha value is -3.10. The number of nitrogens with zero attached hydrogens (tertiary/aromatic N) is 3. The summed E-state index contributed by atoms with van der Waals surface area (Å²) in [7, 11) is 0. The molecule has 8 heteroatoms. The lowest BCUT2D eigenvalue weighted by molar-refractivity contribution is -0.134. The zero-order chi connectivity index (χ0) is 26.5. The van der Waals surface area contributed by atoms with Crippen LogP contribution in [0, 0.1) is 19.8 Å². The van der Waals surface area contributed by atoms with E-state index in [4.69, 9.17) is 4.52 Å². The number of β-amino-alcohol motifs (C(OH)–C–C–N with tert-alkyl or cyclic N) is 1. The maximum atomic E-state index is 13.8. The fourth-order valence-electron chi connectivity index (χ4n) is 5.62. The number of aryl methyl sites for hydroxylation is 2. The lowest BCUT2D eigenvalue weighted by atomic mass is 9.78. The highest BCUT2D eigenvalue weighted by Crippen LogP contribution is 2.40. The summed E-state index contributed by atoms with van der Waals surface area (Å²) >= 11 is 1.70. The second kappa shape index (κ2) is 9.65. The van der Waals surface area contributed by atoms with Gasteiger partial charge in [-0.05, 0) is 54.8 Å². The summed E-state index contributed by atoms with van der Waals surface area (Å²) in [5.41, 5.74) is 3.84. The van der Waals surface area contributed by atoms with Crippen LogP contribution in [0.3, 0.4) is 0 Å². The van der Waals surface area contributed by atoms with Crippen LogP contribution in [0.1, 0.15) is 62.1 Å². The number of carbonyl (C=O) groups is 2. The molecule has 0 aliphatic carbocycles. The van der Waals surface area contributed by atoms with E-state index < -0.39 is 23.5 Å². The van der Waals surface area contributed by atoms with Gasteiger partial charge in [0.1, 0.15) is 11.7 Å². The van der Waals surface area contributed by atoms with E-state index in [2.05, 4.69) is 40.7 Å².